The van der Waals surface area contributed by atoms with Crippen molar-refractivity contribution in [3.63, 3.8) is 0 Å². The SMILES string of the molecule is O=C1CCCCCN1c1ccc([N+](=O)[O-])nc1. The molecule has 2 rings (SSSR count). The minimum atomic E-state index is -0.548. The maximum Gasteiger partial charge on any atom is 0.363 e. The average molecular weight is 235 g/mol. The van der Waals surface area contributed by atoms with Crippen molar-refractivity contribution in [3.05, 3.63) is 28.4 Å². The maximum absolute atomic E-state index is 11.8. The third kappa shape index (κ3) is 2.58. The summed E-state index contributed by atoms with van der Waals surface area (Å²) in [6.07, 6.45) is 4.85. The lowest BCUT2D eigenvalue weighted by atomic mass is 10.2. The van der Waals surface area contributed by atoms with E-state index in [-0.39, 0.29) is 11.7 Å². The molecule has 1 aromatic heterocycles. The molecule has 0 unspecified atom stereocenters. The lowest BCUT2D eigenvalue weighted by Gasteiger charge is -2.18. The Bertz CT molecular complexity index is 430. The first-order valence-corrected chi connectivity index (χ1v) is 5.59. The number of hydrogen-bond donors (Lipinski definition) is 0. The van der Waals surface area contributed by atoms with Gasteiger partial charge in [0.2, 0.25) is 5.91 Å². The van der Waals surface area contributed by atoms with E-state index in [0.717, 1.165) is 19.3 Å². The Hall–Kier alpha value is -1.98. The van der Waals surface area contributed by atoms with Crippen molar-refractivity contribution in [1.29, 1.82) is 0 Å². The number of nitrogens with zero attached hydrogens (tertiary/aromatic N) is 3. The summed E-state index contributed by atoms with van der Waals surface area (Å²) < 4.78 is 0. The van der Waals surface area contributed by atoms with Crippen LogP contribution in [-0.2, 0) is 4.79 Å². The Labute approximate surface area is 98.4 Å². The number of pyridine rings is 1. The van der Waals surface area contributed by atoms with Gasteiger partial charge in [0, 0.05) is 19.0 Å². The largest absolute Gasteiger partial charge is 0.363 e. The highest BCUT2D eigenvalue weighted by Gasteiger charge is 2.20. The Morgan fingerprint density at radius 3 is 2.76 bits per heavy atom. The van der Waals surface area contributed by atoms with E-state index in [9.17, 15) is 14.9 Å². The van der Waals surface area contributed by atoms with Crippen molar-refractivity contribution in [2.45, 2.75) is 25.7 Å². The van der Waals surface area contributed by atoms with Gasteiger partial charge >= 0.3 is 5.82 Å². The second-order valence-electron chi connectivity index (χ2n) is 3.99. The van der Waals surface area contributed by atoms with Crippen LogP contribution in [0.4, 0.5) is 11.5 Å². The molecule has 0 bridgehead atoms. The van der Waals surface area contributed by atoms with Crippen molar-refractivity contribution < 1.29 is 9.72 Å². The fraction of sp³-hybridized carbons (Fsp3) is 0.455. The van der Waals surface area contributed by atoms with Crippen molar-refractivity contribution in [3.8, 4) is 0 Å². The molecule has 6 nitrogen and oxygen atoms in total. The van der Waals surface area contributed by atoms with E-state index in [4.69, 9.17) is 0 Å². The molecule has 1 amide bonds. The molecule has 6 heteroatoms. The first-order chi connectivity index (χ1) is 8.18. The summed E-state index contributed by atoms with van der Waals surface area (Å²) in [5.41, 5.74) is 0.641. The minimum Gasteiger partial charge on any atom is -0.358 e. The van der Waals surface area contributed by atoms with Gasteiger partial charge in [0.1, 0.15) is 0 Å². The van der Waals surface area contributed by atoms with Crippen LogP contribution < -0.4 is 4.90 Å². The number of aromatic nitrogens is 1. The van der Waals surface area contributed by atoms with Crippen LogP contribution in [-0.4, -0.2) is 22.4 Å². The van der Waals surface area contributed by atoms with Crippen LogP contribution in [0.1, 0.15) is 25.7 Å². The normalized spacial score (nSPS) is 16.7. The predicted octanol–water partition coefficient (Wildman–Crippen LogP) is 1.90. The molecule has 0 saturated carbocycles. The van der Waals surface area contributed by atoms with Crippen LogP contribution in [0.3, 0.4) is 0 Å². The number of anilines is 1. The van der Waals surface area contributed by atoms with Crippen LogP contribution in [0, 0.1) is 10.1 Å². The van der Waals surface area contributed by atoms with Gasteiger partial charge in [-0.1, -0.05) is 6.42 Å². The van der Waals surface area contributed by atoms with E-state index in [1.54, 1.807) is 11.0 Å². The van der Waals surface area contributed by atoms with Crippen LogP contribution in [0.25, 0.3) is 0 Å². The summed E-state index contributed by atoms with van der Waals surface area (Å²) in [6.45, 7) is 0.665. The Morgan fingerprint density at radius 1 is 1.29 bits per heavy atom. The molecule has 1 aliphatic heterocycles. The summed E-state index contributed by atoms with van der Waals surface area (Å²) in [7, 11) is 0. The first-order valence-electron chi connectivity index (χ1n) is 5.59. The molecular formula is C11H13N3O3. The van der Waals surface area contributed by atoms with E-state index in [1.807, 2.05) is 0 Å². The first kappa shape index (κ1) is 11.5. The fourth-order valence-electron chi connectivity index (χ4n) is 1.90. The third-order valence-electron chi connectivity index (χ3n) is 2.80. The van der Waals surface area contributed by atoms with Gasteiger partial charge in [-0.25, -0.2) is 0 Å². The summed E-state index contributed by atoms with van der Waals surface area (Å²) in [5, 5.41) is 10.5. The number of hydrogen-bond acceptors (Lipinski definition) is 4. The second kappa shape index (κ2) is 4.90. The summed E-state index contributed by atoms with van der Waals surface area (Å²) in [5.74, 6) is -0.130. The van der Waals surface area contributed by atoms with Crippen LogP contribution >= 0.6 is 0 Å². The van der Waals surface area contributed by atoms with E-state index in [1.165, 1.54) is 12.3 Å². The van der Waals surface area contributed by atoms with E-state index >= 15 is 0 Å². The Balaban J connectivity index is 2.20. The molecular weight excluding hydrogens is 222 g/mol. The quantitative estimate of drug-likeness (QED) is 0.579. The smallest absolute Gasteiger partial charge is 0.358 e. The van der Waals surface area contributed by atoms with Gasteiger partial charge in [-0.2, -0.15) is 0 Å². The third-order valence-corrected chi connectivity index (χ3v) is 2.80. The molecule has 1 saturated heterocycles. The lowest BCUT2D eigenvalue weighted by molar-refractivity contribution is -0.389. The number of amides is 1. The Morgan fingerprint density at radius 2 is 2.12 bits per heavy atom. The number of carbonyl (C=O) groups excluding carboxylic acids is 1. The molecule has 0 N–H and O–H groups in total. The molecule has 0 radical (unpaired) electrons. The zero-order valence-corrected chi connectivity index (χ0v) is 9.33. The van der Waals surface area contributed by atoms with Crippen LogP contribution in [0.2, 0.25) is 0 Å². The number of carbonyl (C=O) groups is 1. The van der Waals surface area contributed by atoms with Gasteiger partial charge in [0.05, 0.1) is 5.69 Å². The van der Waals surface area contributed by atoms with Crippen LogP contribution in [0.5, 0.6) is 0 Å². The number of rotatable bonds is 2. The molecule has 0 spiro atoms. The van der Waals surface area contributed by atoms with Gasteiger partial charge in [0.15, 0.2) is 6.20 Å². The standard InChI is InChI=1S/C11H13N3O3/c15-11-4-2-1-3-7-13(11)9-5-6-10(12-8-9)14(16)17/h5-6,8H,1-4,7H2. The van der Waals surface area contributed by atoms with Crippen molar-refractivity contribution in [1.82, 2.24) is 4.98 Å². The summed E-state index contributed by atoms with van der Waals surface area (Å²) >= 11 is 0. The van der Waals surface area contributed by atoms with E-state index in [0.29, 0.717) is 18.7 Å². The molecule has 2 heterocycles. The topological polar surface area (TPSA) is 76.3 Å². The maximum atomic E-state index is 11.8. The highest BCUT2D eigenvalue weighted by molar-refractivity contribution is 5.93. The molecule has 1 aromatic rings. The lowest BCUT2D eigenvalue weighted by Crippen LogP contribution is -2.30. The highest BCUT2D eigenvalue weighted by atomic mass is 16.6. The average Bonchev–Trinajstić information content (AvgIpc) is 2.54. The molecule has 90 valence electrons. The fourth-order valence-corrected chi connectivity index (χ4v) is 1.90. The molecule has 1 fully saturated rings. The molecule has 0 aliphatic carbocycles. The van der Waals surface area contributed by atoms with E-state index in [2.05, 4.69) is 4.98 Å². The highest BCUT2D eigenvalue weighted by Crippen LogP contribution is 2.21. The molecule has 1 aliphatic rings. The monoisotopic (exact) mass is 235 g/mol. The van der Waals surface area contributed by atoms with Gasteiger partial charge < -0.3 is 15.0 Å². The molecule has 0 atom stereocenters. The van der Waals surface area contributed by atoms with Gasteiger partial charge in [-0.3, -0.25) is 4.79 Å². The summed E-state index contributed by atoms with van der Waals surface area (Å²) in [4.78, 5) is 27.1. The number of nitro groups is 1. The van der Waals surface area contributed by atoms with Crippen molar-refractivity contribution in [2.75, 3.05) is 11.4 Å². The summed E-state index contributed by atoms with van der Waals surface area (Å²) in [6, 6.07) is 2.90. The second-order valence-corrected chi connectivity index (χ2v) is 3.99. The van der Waals surface area contributed by atoms with Gasteiger partial charge in [-0.15, -0.1) is 0 Å². The Kier molecular flexibility index (Phi) is 3.32. The zero-order chi connectivity index (χ0) is 12.3. The van der Waals surface area contributed by atoms with Crippen LogP contribution in [0.15, 0.2) is 18.3 Å². The van der Waals surface area contributed by atoms with E-state index < -0.39 is 4.92 Å². The zero-order valence-electron chi connectivity index (χ0n) is 9.33. The van der Waals surface area contributed by atoms with Gasteiger partial charge in [0.25, 0.3) is 0 Å². The predicted molar refractivity (Wildman–Crippen MR) is 61.7 cm³/mol. The molecule has 0 aromatic carbocycles. The molecule has 17 heavy (non-hydrogen) atoms. The minimum absolute atomic E-state index is 0.0677. The van der Waals surface area contributed by atoms with Crippen molar-refractivity contribution >= 4 is 17.4 Å². The van der Waals surface area contributed by atoms with Gasteiger partial charge in [-0.05, 0) is 28.8 Å². The van der Waals surface area contributed by atoms with Crippen molar-refractivity contribution in [2.24, 2.45) is 0 Å².